The van der Waals surface area contributed by atoms with Crippen LogP contribution in [-0.4, -0.2) is 10.7 Å². The third kappa shape index (κ3) is 2.52. The molecule has 0 aromatic heterocycles. The summed E-state index contributed by atoms with van der Waals surface area (Å²) in [4.78, 5) is 10.6. The van der Waals surface area contributed by atoms with Gasteiger partial charge in [-0.15, -0.1) is 5.12 Å². The summed E-state index contributed by atoms with van der Waals surface area (Å²) in [6, 6.07) is 8.18. The molecule has 1 atom stereocenters. The van der Waals surface area contributed by atoms with Crippen LogP contribution in [0.25, 0.3) is 0 Å². The van der Waals surface area contributed by atoms with E-state index in [1.54, 1.807) is 25.1 Å². The molecule has 70 valence electrons. The van der Waals surface area contributed by atoms with Crippen LogP contribution in [0.3, 0.4) is 0 Å². The number of halogens is 2. The first-order valence-corrected chi connectivity index (χ1v) is 4.73. The highest BCUT2D eigenvalue weighted by Crippen LogP contribution is 2.16. The summed E-state index contributed by atoms with van der Waals surface area (Å²) in [6.45, 7) is 1.58. The molecule has 0 aliphatic carbocycles. The SMILES string of the molecule is CC(Br)C(=O)N(F)c1ccccc1. The summed E-state index contributed by atoms with van der Waals surface area (Å²) in [5.41, 5.74) is 0.249. The Labute approximate surface area is 84.4 Å². The standard InChI is InChI=1S/C9H9BrFNO/c1-7(10)9(13)12(11)8-5-3-2-4-6-8/h2-7H,1H3. The Balaban J connectivity index is 2.80. The highest BCUT2D eigenvalue weighted by molar-refractivity contribution is 9.10. The molecule has 0 bridgehead atoms. The maximum atomic E-state index is 13.2. The van der Waals surface area contributed by atoms with Gasteiger partial charge in [0.1, 0.15) is 0 Å². The summed E-state index contributed by atoms with van der Waals surface area (Å²) >= 11 is 3.01. The predicted molar refractivity (Wildman–Crippen MR) is 53.4 cm³/mol. The number of carbonyl (C=O) groups excluding carboxylic acids is 1. The molecule has 0 saturated carbocycles. The van der Waals surface area contributed by atoms with Gasteiger partial charge in [0.25, 0.3) is 5.91 Å². The molecule has 0 N–H and O–H groups in total. The number of rotatable bonds is 2. The number of amides is 1. The molecule has 0 spiro atoms. The first kappa shape index (κ1) is 10.2. The van der Waals surface area contributed by atoms with Crippen molar-refractivity contribution in [3.8, 4) is 0 Å². The van der Waals surface area contributed by atoms with Gasteiger partial charge >= 0.3 is 0 Å². The first-order valence-electron chi connectivity index (χ1n) is 3.82. The van der Waals surface area contributed by atoms with Gasteiger partial charge in [-0.25, -0.2) is 0 Å². The van der Waals surface area contributed by atoms with Crippen molar-refractivity contribution in [2.75, 3.05) is 5.12 Å². The number of alkyl halides is 1. The van der Waals surface area contributed by atoms with E-state index in [1.807, 2.05) is 0 Å². The number of carbonyl (C=O) groups is 1. The van der Waals surface area contributed by atoms with Gasteiger partial charge < -0.3 is 0 Å². The minimum atomic E-state index is -0.605. The van der Waals surface area contributed by atoms with E-state index < -0.39 is 10.7 Å². The monoisotopic (exact) mass is 245 g/mol. The fourth-order valence-electron chi connectivity index (χ4n) is 0.842. The zero-order chi connectivity index (χ0) is 9.84. The fourth-order valence-corrected chi connectivity index (χ4v) is 1.02. The molecule has 0 heterocycles. The van der Waals surface area contributed by atoms with Gasteiger partial charge in [-0.3, -0.25) is 4.79 Å². The number of anilines is 1. The van der Waals surface area contributed by atoms with Crippen molar-refractivity contribution in [3.05, 3.63) is 30.3 Å². The van der Waals surface area contributed by atoms with Crippen LogP contribution < -0.4 is 5.12 Å². The van der Waals surface area contributed by atoms with E-state index in [9.17, 15) is 9.28 Å². The van der Waals surface area contributed by atoms with Crippen molar-refractivity contribution in [2.24, 2.45) is 0 Å². The third-order valence-electron chi connectivity index (χ3n) is 1.52. The molecule has 0 saturated heterocycles. The number of para-hydroxylation sites is 1. The second-order valence-corrected chi connectivity index (χ2v) is 3.94. The van der Waals surface area contributed by atoms with Gasteiger partial charge in [0.2, 0.25) is 0 Å². The lowest BCUT2D eigenvalue weighted by Crippen LogP contribution is -2.28. The molecule has 13 heavy (non-hydrogen) atoms. The number of hydrogen-bond donors (Lipinski definition) is 0. The van der Waals surface area contributed by atoms with Crippen molar-refractivity contribution in [3.63, 3.8) is 0 Å². The molecule has 0 aliphatic heterocycles. The number of hydrogen-bond acceptors (Lipinski definition) is 1. The Morgan fingerprint density at radius 1 is 1.46 bits per heavy atom. The van der Waals surface area contributed by atoms with Crippen molar-refractivity contribution in [1.29, 1.82) is 0 Å². The molecule has 1 unspecified atom stereocenters. The van der Waals surface area contributed by atoms with E-state index in [2.05, 4.69) is 15.9 Å². The van der Waals surface area contributed by atoms with Crippen LogP contribution in [-0.2, 0) is 4.79 Å². The summed E-state index contributed by atoms with van der Waals surface area (Å²) in [7, 11) is 0. The van der Waals surface area contributed by atoms with E-state index in [-0.39, 0.29) is 10.8 Å². The predicted octanol–water partition coefficient (Wildman–Crippen LogP) is 2.69. The molecule has 1 amide bonds. The second kappa shape index (κ2) is 4.37. The minimum absolute atomic E-state index is 0.138. The summed E-state index contributed by atoms with van der Waals surface area (Å²) in [5, 5.41) is 0.138. The molecule has 0 fully saturated rings. The van der Waals surface area contributed by atoms with Gasteiger partial charge in [-0.2, -0.15) is 0 Å². The zero-order valence-electron chi connectivity index (χ0n) is 7.08. The van der Waals surface area contributed by atoms with E-state index in [0.717, 1.165) is 0 Å². The Morgan fingerprint density at radius 2 is 2.00 bits per heavy atom. The molecule has 1 aromatic rings. The van der Waals surface area contributed by atoms with Gasteiger partial charge in [0.05, 0.1) is 10.5 Å². The second-order valence-electron chi connectivity index (χ2n) is 2.57. The van der Waals surface area contributed by atoms with Crippen LogP contribution in [0.4, 0.5) is 10.2 Å². The van der Waals surface area contributed by atoms with E-state index in [0.29, 0.717) is 0 Å². The van der Waals surface area contributed by atoms with Crippen LogP contribution in [0.1, 0.15) is 6.92 Å². The first-order chi connectivity index (χ1) is 6.13. The third-order valence-corrected chi connectivity index (χ3v) is 1.91. The lowest BCUT2D eigenvalue weighted by molar-refractivity contribution is -0.120. The van der Waals surface area contributed by atoms with Crippen LogP contribution in [0.15, 0.2) is 30.3 Å². The maximum Gasteiger partial charge on any atom is 0.268 e. The van der Waals surface area contributed by atoms with Gasteiger partial charge in [-0.05, 0) is 19.1 Å². The smallest absolute Gasteiger partial charge is 0.268 e. The highest BCUT2D eigenvalue weighted by atomic mass is 79.9. The van der Waals surface area contributed by atoms with Crippen molar-refractivity contribution >= 4 is 27.5 Å². The van der Waals surface area contributed by atoms with Crippen LogP contribution in [0, 0.1) is 0 Å². The number of benzene rings is 1. The molecule has 1 aromatic carbocycles. The topological polar surface area (TPSA) is 20.3 Å². The average molecular weight is 246 g/mol. The molecule has 2 nitrogen and oxygen atoms in total. The van der Waals surface area contributed by atoms with Crippen LogP contribution in [0.5, 0.6) is 0 Å². The summed E-state index contributed by atoms with van der Waals surface area (Å²) in [6.07, 6.45) is 0. The fraction of sp³-hybridized carbons (Fsp3) is 0.222. The Kier molecular flexibility index (Phi) is 3.42. The van der Waals surface area contributed by atoms with E-state index in [1.165, 1.54) is 12.1 Å². The lowest BCUT2D eigenvalue weighted by Gasteiger charge is -2.12. The lowest BCUT2D eigenvalue weighted by atomic mass is 10.3. The molecule has 0 aliphatic rings. The van der Waals surface area contributed by atoms with Crippen LogP contribution >= 0.6 is 15.9 Å². The molecule has 4 heteroatoms. The Morgan fingerprint density at radius 3 is 2.46 bits per heavy atom. The highest BCUT2D eigenvalue weighted by Gasteiger charge is 2.19. The van der Waals surface area contributed by atoms with E-state index in [4.69, 9.17) is 0 Å². The van der Waals surface area contributed by atoms with Gasteiger partial charge in [-0.1, -0.05) is 38.6 Å². The minimum Gasteiger partial charge on any atom is -0.271 e. The van der Waals surface area contributed by atoms with E-state index >= 15 is 0 Å². The maximum absolute atomic E-state index is 13.2. The normalized spacial score (nSPS) is 12.2. The molecular formula is C9H9BrFNO. The largest absolute Gasteiger partial charge is 0.271 e. The Hall–Kier alpha value is -0.900. The van der Waals surface area contributed by atoms with Crippen molar-refractivity contribution in [2.45, 2.75) is 11.8 Å². The Bertz CT molecular complexity index is 289. The summed E-state index contributed by atoms with van der Waals surface area (Å²) in [5.74, 6) is -0.605. The van der Waals surface area contributed by atoms with Gasteiger partial charge in [0, 0.05) is 0 Å². The van der Waals surface area contributed by atoms with Crippen molar-refractivity contribution < 1.29 is 9.28 Å². The number of nitrogens with zero attached hydrogens (tertiary/aromatic N) is 1. The zero-order valence-corrected chi connectivity index (χ0v) is 8.66. The van der Waals surface area contributed by atoms with Crippen molar-refractivity contribution in [1.82, 2.24) is 0 Å². The molecule has 0 radical (unpaired) electrons. The average Bonchev–Trinajstić information content (AvgIpc) is 2.17. The summed E-state index contributed by atoms with van der Waals surface area (Å²) < 4.78 is 13.2. The van der Waals surface area contributed by atoms with Crippen LogP contribution in [0.2, 0.25) is 0 Å². The quantitative estimate of drug-likeness (QED) is 0.580. The molecular weight excluding hydrogens is 237 g/mol. The van der Waals surface area contributed by atoms with Gasteiger partial charge in [0.15, 0.2) is 0 Å². The molecule has 1 rings (SSSR count).